The Balaban J connectivity index is 1.97. The molecule has 3 rings (SSSR count). The van der Waals surface area contributed by atoms with Gasteiger partial charge in [0, 0.05) is 5.69 Å². The number of rotatable bonds is 6. The van der Waals surface area contributed by atoms with E-state index in [-0.39, 0.29) is 0 Å². The quantitative estimate of drug-likeness (QED) is 0.271. The number of nitrogens with zero attached hydrogens (tertiary/aromatic N) is 1. The van der Waals surface area contributed by atoms with Crippen molar-refractivity contribution in [2.75, 3.05) is 12.4 Å². The number of aliphatic imine (C=N–C) groups is 1. The van der Waals surface area contributed by atoms with Crippen LogP contribution in [0.2, 0.25) is 0 Å². The fraction of sp³-hybridized carbons (Fsp3) is 0.0870. The highest BCUT2D eigenvalue weighted by molar-refractivity contribution is 8.15. The summed E-state index contributed by atoms with van der Waals surface area (Å²) in [4.78, 5) is 29.4. The van der Waals surface area contributed by atoms with E-state index in [9.17, 15) is 9.59 Å². The van der Waals surface area contributed by atoms with Crippen molar-refractivity contribution in [2.45, 2.75) is 5.25 Å². The van der Waals surface area contributed by atoms with E-state index in [0.29, 0.717) is 10.7 Å². The minimum atomic E-state index is -0.884. The molecule has 29 heavy (non-hydrogen) atoms. The number of para-hydroxylation sites is 2. The van der Waals surface area contributed by atoms with E-state index in [4.69, 9.17) is 0 Å². The number of methoxy groups -OCH3 is 1. The molecule has 0 aliphatic carbocycles. The molecule has 0 heterocycles. The van der Waals surface area contributed by atoms with Crippen LogP contribution in [-0.4, -0.2) is 24.0 Å². The van der Waals surface area contributed by atoms with Crippen molar-refractivity contribution in [3.05, 3.63) is 96.6 Å². The van der Waals surface area contributed by atoms with Gasteiger partial charge >= 0.3 is 5.97 Å². The first-order chi connectivity index (χ1) is 14.2. The number of hydrogen-bond donors (Lipinski definition) is 1. The zero-order valence-electron chi connectivity index (χ0n) is 15.8. The van der Waals surface area contributed by atoms with E-state index in [1.807, 2.05) is 78.9 Å². The second-order valence-corrected chi connectivity index (χ2v) is 7.10. The summed E-state index contributed by atoms with van der Waals surface area (Å²) >= 11 is 1.17. The van der Waals surface area contributed by atoms with Gasteiger partial charge in [-0.15, -0.1) is 0 Å². The van der Waals surface area contributed by atoms with Crippen molar-refractivity contribution in [1.29, 1.82) is 0 Å². The van der Waals surface area contributed by atoms with E-state index < -0.39 is 17.0 Å². The number of anilines is 1. The fourth-order valence-electron chi connectivity index (χ4n) is 2.57. The maximum atomic E-state index is 12.7. The molecular weight excluding hydrogens is 384 g/mol. The summed E-state index contributed by atoms with van der Waals surface area (Å²) in [5, 5.41) is 2.95. The number of ketones is 1. The summed E-state index contributed by atoms with van der Waals surface area (Å²) in [5.74, 6) is -1.52. The van der Waals surface area contributed by atoms with Crippen LogP contribution in [0.3, 0.4) is 0 Å². The molecule has 1 atom stereocenters. The van der Waals surface area contributed by atoms with E-state index in [2.05, 4.69) is 15.0 Å². The van der Waals surface area contributed by atoms with Crippen molar-refractivity contribution in [3.8, 4) is 0 Å². The lowest BCUT2D eigenvalue weighted by molar-refractivity contribution is -0.151. The number of Topliss-reactive ketones (excluding diaryl/α,β-unsaturated/α-hetero) is 1. The van der Waals surface area contributed by atoms with Crippen LogP contribution < -0.4 is 5.32 Å². The number of carbonyl (C=O) groups is 2. The molecule has 0 fully saturated rings. The minimum absolute atomic E-state index is 0.494. The number of amidine groups is 1. The van der Waals surface area contributed by atoms with Crippen molar-refractivity contribution in [2.24, 2.45) is 4.99 Å². The number of ether oxygens (including phenoxy) is 1. The average molecular weight is 404 g/mol. The van der Waals surface area contributed by atoms with Gasteiger partial charge in [-0.05, 0) is 29.8 Å². The Hall–Kier alpha value is -3.38. The number of hydrogen-bond acceptors (Lipinski definition) is 5. The standard InChI is InChI=1S/C23H20N2O3S/c1-28-22(27)20(26)21(17-11-5-2-6-12-17)29-23(24-18-13-7-3-8-14-18)25-19-15-9-4-10-16-19/h2-16,21H,1H3,(H,24,25)/t21-/m0/s1. The zero-order valence-corrected chi connectivity index (χ0v) is 16.6. The first-order valence-corrected chi connectivity index (χ1v) is 9.85. The van der Waals surface area contributed by atoms with Gasteiger partial charge in [-0.3, -0.25) is 4.79 Å². The number of nitrogens with one attached hydrogen (secondary N) is 1. The second-order valence-electron chi connectivity index (χ2n) is 6.01. The van der Waals surface area contributed by atoms with E-state index >= 15 is 0 Å². The Bertz CT molecular complexity index is 977. The molecule has 0 aliphatic rings. The van der Waals surface area contributed by atoms with Gasteiger partial charge < -0.3 is 10.1 Å². The van der Waals surface area contributed by atoms with Gasteiger partial charge in [0.25, 0.3) is 5.78 Å². The largest absolute Gasteiger partial charge is 0.463 e. The number of thioether (sulfide) groups is 1. The van der Waals surface area contributed by atoms with Crippen molar-refractivity contribution in [1.82, 2.24) is 0 Å². The molecule has 6 heteroatoms. The van der Waals surface area contributed by atoms with Crippen LogP contribution in [0, 0.1) is 0 Å². The molecule has 0 amide bonds. The highest BCUT2D eigenvalue weighted by atomic mass is 32.2. The fourth-order valence-corrected chi connectivity index (χ4v) is 3.62. The topological polar surface area (TPSA) is 67.8 Å². The number of esters is 1. The first-order valence-electron chi connectivity index (χ1n) is 8.97. The summed E-state index contributed by atoms with van der Waals surface area (Å²) in [6.45, 7) is 0. The maximum absolute atomic E-state index is 12.7. The monoisotopic (exact) mass is 404 g/mol. The Labute approximate surface area is 173 Å². The van der Waals surface area contributed by atoms with Gasteiger partial charge in [0.05, 0.1) is 12.8 Å². The van der Waals surface area contributed by atoms with Gasteiger partial charge in [0.15, 0.2) is 5.17 Å². The molecule has 0 radical (unpaired) electrons. The van der Waals surface area contributed by atoms with Crippen LogP contribution in [0.25, 0.3) is 0 Å². The molecule has 0 aliphatic heterocycles. The summed E-state index contributed by atoms with van der Waals surface area (Å²) < 4.78 is 4.67. The molecule has 0 aromatic heterocycles. The SMILES string of the molecule is COC(=O)C(=O)[C@@H](SC(=Nc1ccccc1)Nc1ccccc1)c1ccccc1. The van der Waals surface area contributed by atoms with Gasteiger partial charge in [-0.2, -0.15) is 0 Å². The molecular formula is C23H20N2O3S. The summed E-state index contributed by atoms with van der Waals surface area (Å²) in [6.07, 6.45) is 0. The average Bonchev–Trinajstić information content (AvgIpc) is 2.78. The molecule has 0 unspecified atom stereocenters. The van der Waals surface area contributed by atoms with Gasteiger partial charge in [0.2, 0.25) is 0 Å². The number of carbonyl (C=O) groups excluding carboxylic acids is 2. The van der Waals surface area contributed by atoms with E-state index in [1.54, 1.807) is 12.1 Å². The summed E-state index contributed by atoms with van der Waals surface area (Å²) in [7, 11) is 1.20. The van der Waals surface area contributed by atoms with Crippen LogP contribution in [0.15, 0.2) is 96.0 Å². The van der Waals surface area contributed by atoms with Crippen molar-refractivity contribution < 1.29 is 14.3 Å². The van der Waals surface area contributed by atoms with Crippen LogP contribution in [0.1, 0.15) is 10.8 Å². The number of benzene rings is 3. The summed E-state index contributed by atoms with van der Waals surface area (Å²) in [5.41, 5.74) is 2.26. The van der Waals surface area contributed by atoms with E-state index in [0.717, 1.165) is 11.4 Å². The van der Waals surface area contributed by atoms with Crippen LogP contribution in [-0.2, 0) is 14.3 Å². The minimum Gasteiger partial charge on any atom is -0.463 e. The molecule has 5 nitrogen and oxygen atoms in total. The molecule has 0 saturated heterocycles. The Morgan fingerprint density at radius 3 is 2.00 bits per heavy atom. The summed E-state index contributed by atoms with van der Waals surface area (Å²) in [6, 6.07) is 28.1. The Morgan fingerprint density at radius 1 is 0.862 bits per heavy atom. The predicted molar refractivity (Wildman–Crippen MR) is 117 cm³/mol. The van der Waals surface area contributed by atoms with Crippen molar-refractivity contribution in [3.63, 3.8) is 0 Å². The highest BCUT2D eigenvalue weighted by Crippen LogP contribution is 2.33. The predicted octanol–water partition coefficient (Wildman–Crippen LogP) is 5.00. The molecule has 0 saturated carbocycles. The van der Waals surface area contributed by atoms with Gasteiger partial charge in [-0.1, -0.05) is 78.5 Å². The highest BCUT2D eigenvalue weighted by Gasteiger charge is 2.30. The third kappa shape index (κ3) is 5.80. The lowest BCUT2D eigenvalue weighted by Crippen LogP contribution is -2.24. The van der Waals surface area contributed by atoms with Gasteiger partial charge in [-0.25, -0.2) is 9.79 Å². The maximum Gasteiger partial charge on any atom is 0.375 e. The van der Waals surface area contributed by atoms with E-state index in [1.165, 1.54) is 18.9 Å². The normalized spacial score (nSPS) is 12.1. The van der Waals surface area contributed by atoms with Crippen LogP contribution in [0.5, 0.6) is 0 Å². The lowest BCUT2D eigenvalue weighted by Gasteiger charge is -2.17. The zero-order chi connectivity index (χ0) is 20.5. The molecule has 146 valence electrons. The van der Waals surface area contributed by atoms with Crippen LogP contribution >= 0.6 is 11.8 Å². The molecule has 3 aromatic rings. The molecule has 0 bridgehead atoms. The second kappa shape index (κ2) is 10.2. The smallest absolute Gasteiger partial charge is 0.375 e. The van der Waals surface area contributed by atoms with Gasteiger partial charge in [0.1, 0.15) is 5.25 Å². The third-order valence-corrected chi connectivity index (χ3v) is 5.11. The first kappa shape index (κ1) is 20.4. The molecule has 3 aromatic carbocycles. The van der Waals surface area contributed by atoms with Crippen molar-refractivity contribution >= 4 is 40.1 Å². The lowest BCUT2D eigenvalue weighted by atomic mass is 10.1. The molecule has 0 spiro atoms. The Morgan fingerprint density at radius 2 is 1.41 bits per heavy atom. The van der Waals surface area contributed by atoms with Crippen LogP contribution in [0.4, 0.5) is 11.4 Å². The molecule has 1 N–H and O–H groups in total. The Kier molecular flexibility index (Phi) is 7.19. The third-order valence-electron chi connectivity index (χ3n) is 3.97.